The molecule has 0 radical (unpaired) electrons. The molecule has 0 bridgehead atoms. The van der Waals surface area contributed by atoms with Gasteiger partial charge in [0.25, 0.3) is 0 Å². The van der Waals surface area contributed by atoms with Crippen LogP contribution in [0.4, 0.5) is 15.3 Å². The zero-order valence-corrected chi connectivity index (χ0v) is 13.1. The van der Waals surface area contributed by atoms with Gasteiger partial charge < -0.3 is 9.47 Å². The minimum atomic E-state index is -0.704. The number of ether oxygens (including phenoxy) is 2. The minimum Gasteiger partial charge on any atom is -0.449 e. The molecule has 0 aliphatic carbocycles. The lowest BCUT2D eigenvalue weighted by Crippen LogP contribution is -2.47. The second-order valence-electron chi connectivity index (χ2n) is 4.61. The van der Waals surface area contributed by atoms with Crippen LogP contribution in [0.2, 0.25) is 0 Å². The lowest BCUT2D eigenvalue weighted by atomic mass is 10.1. The van der Waals surface area contributed by atoms with E-state index in [0.717, 1.165) is 21.7 Å². The third-order valence-electron chi connectivity index (χ3n) is 2.79. The summed E-state index contributed by atoms with van der Waals surface area (Å²) in [4.78, 5) is 23.7. The summed E-state index contributed by atoms with van der Waals surface area (Å²) in [5.74, 6) is 0. The van der Waals surface area contributed by atoms with Crippen LogP contribution >= 0.6 is 0 Å². The van der Waals surface area contributed by atoms with Crippen molar-refractivity contribution in [3.63, 3.8) is 0 Å². The normalized spacial score (nSPS) is 9.95. The zero-order chi connectivity index (χ0) is 16.0. The number of carbonyl (C=O) groups is 2. The first-order chi connectivity index (χ1) is 9.90. The highest BCUT2D eigenvalue weighted by Crippen LogP contribution is 2.25. The first-order valence-corrected chi connectivity index (χ1v) is 6.88. The van der Waals surface area contributed by atoms with Gasteiger partial charge in [-0.05, 0) is 45.7 Å². The van der Waals surface area contributed by atoms with Crippen molar-refractivity contribution in [3.05, 3.63) is 28.8 Å². The van der Waals surface area contributed by atoms with E-state index >= 15 is 0 Å². The topological polar surface area (TPSA) is 67.9 Å². The maximum Gasteiger partial charge on any atom is 0.433 e. The monoisotopic (exact) mass is 294 g/mol. The van der Waals surface area contributed by atoms with E-state index in [1.807, 2.05) is 32.9 Å². The van der Waals surface area contributed by atoms with Gasteiger partial charge in [-0.3, -0.25) is 0 Å². The Morgan fingerprint density at radius 1 is 1.05 bits per heavy atom. The molecule has 0 saturated carbocycles. The molecule has 0 unspecified atom stereocenters. The molecule has 1 rings (SSSR count). The number of hydrogen-bond acceptors (Lipinski definition) is 4. The smallest absolute Gasteiger partial charge is 0.433 e. The van der Waals surface area contributed by atoms with Crippen LogP contribution in [0.5, 0.6) is 0 Å². The van der Waals surface area contributed by atoms with Gasteiger partial charge in [-0.25, -0.2) is 15.0 Å². The van der Waals surface area contributed by atoms with Crippen LogP contribution in [0, 0.1) is 20.8 Å². The van der Waals surface area contributed by atoms with Gasteiger partial charge in [0.15, 0.2) is 0 Å². The van der Waals surface area contributed by atoms with Crippen LogP contribution in [0.1, 0.15) is 30.5 Å². The predicted octanol–water partition coefficient (Wildman–Crippen LogP) is 3.24. The van der Waals surface area contributed by atoms with Crippen molar-refractivity contribution in [1.82, 2.24) is 5.43 Å². The molecule has 116 valence electrons. The van der Waals surface area contributed by atoms with Crippen molar-refractivity contribution in [2.75, 3.05) is 18.2 Å². The number of nitrogens with zero attached hydrogens (tertiary/aromatic N) is 1. The average molecular weight is 294 g/mol. The lowest BCUT2D eigenvalue weighted by Gasteiger charge is -2.25. The van der Waals surface area contributed by atoms with Crippen LogP contribution in [0.15, 0.2) is 12.1 Å². The molecule has 1 N–H and O–H groups in total. The molecule has 6 nitrogen and oxygen atoms in total. The quantitative estimate of drug-likeness (QED) is 0.869. The van der Waals surface area contributed by atoms with Crippen LogP contribution in [0.3, 0.4) is 0 Å². The van der Waals surface area contributed by atoms with Gasteiger partial charge >= 0.3 is 12.2 Å². The Morgan fingerprint density at radius 2 is 1.57 bits per heavy atom. The summed E-state index contributed by atoms with van der Waals surface area (Å²) >= 11 is 0. The summed E-state index contributed by atoms with van der Waals surface area (Å²) in [5.41, 5.74) is 5.80. The van der Waals surface area contributed by atoms with Crippen molar-refractivity contribution >= 4 is 17.9 Å². The summed E-state index contributed by atoms with van der Waals surface area (Å²) in [5, 5.41) is 1.09. The summed E-state index contributed by atoms with van der Waals surface area (Å²) in [6, 6.07) is 3.86. The van der Waals surface area contributed by atoms with E-state index in [-0.39, 0.29) is 13.2 Å². The number of amides is 2. The van der Waals surface area contributed by atoms with E-state index in [2.05, 4.69) is 5.43 Å². The standard InChI is InChI=1S/C15H22N2O4/c1-6-20-14(18)16-17(15(19)21-7-2)13-11(4)8-10(3)9-12(13)5/h8-9H,6-7H2,1-5H3,(H,16,18). The van der Waals surface area contributed by atoms with Crippen LogP contribution in [-0.2, 0) is 9.47 Å². The number of hydrazine groups is 1. The molecule has 0 heterocycles. The molecular formula is C15H22N2O4. The SMILES string of the molecule is CCOC(=O)NN(C(=O)OCC)c1c(C)cc(C)cc1C. The molecule has 0 aliphatic heterocycles. The molecule has 0 spiro atoms. The van der Waals surface area contributed by atoms with Gasteiger partial charge in [0.05, 0.1) is 18.9 Å². The second-order valence-corrected chi connectivity index (χ2v) is 4.61. The lowest BCUT2D eigenvalue weighted by molar-refractivity contribution is 0.138. The van der Waals surface area contributed by atoms with E-state index in [1.165, 1.54) is 0 Å². The maximum absolute atomic E-state index is 12.1. The number of anilines is 1. The molecule has 21 heavy (non-hydrogen) atoms. The van der Waals surface area contributed by atoms with Crippen molar-refractivity contribution in [3.8, 4) is 0 Å². The van der Waals surface area contributed by atoms with Gasteiger partial charge in [0.1, 0.15) is 0 Å². The third kappa shape index (κ3) is 4.37. The molecule has 0 atom stereocenters. The molecule has 2 amide bonds. The second kappa shape index (κ2) is 7.52. The fraction of sp³-hybridized carbons (Fsp3) is 0.467. The highest BCUT2D eigenvalue weighted by molar-refractivity contribution is 5.92. The molecule has 0 aromatic heterocycles. The Morgan fingerprint density at radius 3 is 2.05 bits per heavy atom. The Bertz CT molecular complexity index is 505. The van der Waals surface area contributed by atoms with Crippen molar-refractivity contribution in [2.45, 2.75) is 34.6 Å². The molecule has 0 fully saturated rings. The van der Waals surface area contributed by atoms with Gasteiger partial charge in [0, 0.05) is 0 Å². The molecule has 6 heteroatoms. The van der Waals surface area contributed by atoms with Gasteiger partial charge in [0.2, 0.25) is 0 Å². The fourth-order valence-electron chi connectivity index (χ4n) is 2.16. The summed E-state index contributed by atoms with van der Waals surface area (Å²) in [6.45, 7) is 9.53. The predicted molar refractivity (Wildman–Crippen MR) is 80.3 cm³/mol. The summed E-state index contributed by atoms with van der Waals surface area (Å²) < 4.78 is 9.82. The Balaban J connectivity index is 3.17. The third-order valence-corrected chi connectivity index (χ3v) is 2.79. The van der Waals surface area contributed by atoms with E-state index in [9.17, 15) is 9.59 Å². The van der Waals surface area contributed by atoms with Crippen LogP contribution < -0.4 is 10.4 Å². The minimum absolute atomic E-state index is 0.212. The van der Waals surface area contributed by atoms with Crippen molar-refractivity contribution in [2.24, 2.45) is 0 Å². The highest BCUT2D eigenvalue weighted by Gasteiger charge is 2.23. The van der Waals surface area contributed by atoms with Crippen LogP contribution in [-0.4, -0.2) is 25.4 Å². The number of nitrogens with one attached hydrogen (secondary N) is 1. The van der Waals surface area contributed by atoms with E-state index in [4.69, 9.17) is 9.47 Å². The Hall–Kier alpha value is -2.24. The van der Waals surface area contributed by atoms with Gasteiger partial charge in [-0.15, -0.1) is 0 Å². The molecule has 0 aliphatic rings. The number of rotatable bonds is 3. The van der Waals surface area contributed by atoms with Crippen molar-refractivity contribution < 1.29 is 19.1 Å². The first-order valence-electron chi connectivity index (χ1n) is 6.88. The molecule has 1 aromatic rings. The average Bonchev–Trinajstić information content (AvgIpc) is 2.36. The summed E-state index contributed by atoms with van der Waals surface area (Å²) in [6.07, 6.45) is -1.36. The maximum atomic E-state index is 12.1. The highest BCUT2D eigenvalue weighted by atomic mass is 16.6. The first kappa shape index (κ1) is 16.8. The number of hydrogen-bond donors (Lipinski definition) is 1. The fourth-order valence-corrected chi connectivity index (χ4v) is 2.16. The molecular weight excluding hydrogens is 272 g/mol. The molecule has 1 aromatic carbocycles. The largest absolute Gasteiger partial charge is 0.449 e. The molecule has 0 saturated heterocycles. The Labute approximate surface area is 125 Å². The van der Waals surface area contributed by atoms with E-state index in [1.54, 1.807) is 13.8 Å². The van der Waals surface area contributed by atoms with Gasteiger partial charge in [-0.1, -0.05) is 17.7 Å². The number of carbonyl (C=O) groups excluding carboxylic acids is 2. The van der Waals surface area contributed by atoms with Crippen molar-refractivity contribution in [1.29, 1.82) is 0 Å². The van der Waals surface area contributed by atoms with Crippen LogP contribution in [0.25, 0.3) is 0 Å². The van der Waals surface area contributed by atoms with E-state index in [0.29, 0.717) is 5.69 Å². The van der Waals surface area contributed by atoms with E-state index < -0.39 is 12.2 Å². The summed E-state index contributed by atoms with van der Waals surface area (Å²) in [7, 11) is 0. The number of benzene rings is 1. The zero-order valence-electron chi connectivity index (χ0n) is 13.1. The Kier molecular flexibility index (Phi) is 6.02. The number of aryl methyl sites for hydroxylation is 3. The van der Waals surface area contributed by atoms with Gasteiger partial charge in [-0.2, -0.15) is 5.01 Å².